The lowest BCUT2D eigenvalue weighted by Gasteiger charge is -2.22. The van der Waals surface area contributed by atoms with E-state index in [4.69, 9.17) is 4.74 Å². The minimum Gasteiger partial charge on any atom is -0.462 e. The number of carbonyl (C=O) groups is 1. The molecule has 1 aromatic rings. The quantitative estimate of drug-likeness (QED) is 0.176. The van der Waals surface area contributed by atoms with E-state index in [1.807, 2.05) is 31.2 Å². The van der Waals surface area contributed by atoms with Crippen LogP contribution in [0.5, 0.6) is 0 Å². The topological polar surface area (TPSA) is 38.3 Å². The summed E-state index contributed by atoms with van der Waals surface area (Å²) in [6.07, 6.45) is 12.5. The third-order valence-corrected chi connectivity index (χ3v) is 8.88. The highest BCUT2D eigenvalue weighted by Crippen LogP contribution is 2.22. The van der Waals surface area contributed by atoms with Gasteiger partial charge in [-0.25, -0.2) is 4.79 Å². The molecule has 0 atom stereocenters. The smallest absolute Gasteiger partial charge is 0.338 e. The maximum Gasteiger partial charge on any atom is 0.338 e. The molecule has 0 aliphatic heterocycles. The van der Waals surface area contributed by atoms with Crippen LogP contribution in [0.15, 0.2) is 24.3 Å². The molecule has 0 saturated heterocycles. The first-order valence-electron chi connectivity index (χ1n) is 11.5. The van der Waals surface area contributed by atoms with Gasteiger partial charge in [0.1, 0.15) is 0 Å². The van der Waals surface area contributed by atoms with Crippen molar-refractivity contribution in [3.05, 3.63) is 29.8 Å². The molecule has 0 radical (unpaired) electrons. The van der Waals surface area contributed by atoms with Crippen LogP contribution >= 0.6 is 0 Å². The number of esters is 1. The van der Waals surface area contributed by atoms with Crippen molar-refractivity contribution in [3.63, 3.8) is 0 Å². The van der Waals surface area contributed by atoms with E-state index < -0.39 is 8.07 Å². The van der Waals surface area contributed by atoms with Crippen molar-refractivity contribution in [2.24, 2.45) is 0 Å². The van der Waals surface area contributed by atoms with Crippen LogP contribution in [0.2, 0.25) is 25.2 Å². The fourth-order valence-electron chi connectivity index (χ4n) is 3.60. The second kappa shape index (κ2) is 14.7. The van der Waals surface area contributed by atoms with Crippen LogP contribution in [0.3, 0.4) is 0 Å². The first-order valence-corrected chi connectivity index (χ1v) is 14.9. The number of anilines is 1. The molecular formula is C24H43NO2Si. The highest BCUT2D eigenvalue weighted by atomic mass is 28.3. The van der Waals surface area contributed by atoms with Gasteiger partial charge in [-0.3, -0.25) is 0 Å². The fourth-order valence-corrected chi connectivity index (χ4v) is 6.19. The number of unbranched alkanes of at least 4 members (excludes halogenated alkanes) is 7. The van der Waals surface area contributed by atoms with E-state index in [9.17, 15) is 4.79 Å². The maximum atomic E-state index is 11.7. The monoisotopic (exact) mass is 405 g/mol. The largest absolute Gasteiger partial charge is 0.462 e. The summed E-state index contributed by atoms with van der Waals surface area (Å²) in [5, 5.41) is 3.49. The van der Waals surface area contributed by atoms with Crippen molar-refractivity contribution in [1.82, 2.24) is 0 Å². The number of rotatable bonds is 16. The molecule has 1 N–H and O–H groups in total. The van der Waals surface area contributed by atoms with Crippen LogP contribution < -0.4 is 5.32 Å². The van der Waals surface area contributed by atoms with Crippen molar-refractivity contribution >= 4 is 19.7 Å². The minimum absolute atomic E-state index is 0.247. The summed E-state index contributed by atoms with van der Waals surface area (Å²) in [5.74, 6) is -0.247. The molecule has 0 heterocycles. The first kappa shape index (κ1) is 24.7. The molecule has 0 spiro atoms. The zero-order valence-electron chi connectivity index (χ0n) is 18.8. The molecule has 1 rings (SSSR count). The predicted octanol–water partition coefficient (Wildman–Crippen LogP) is 7.51. The van der Waals surface area contributed by atoms with Crippen molar-refractivity contribution in [2.75, 3.05) is 18.5 Å². The zero-order valence-corrected chi connectivity index (χ0v) is 19.8. The molecule has 0 fully saturated rings. The summed E-state index contributed by atoms with van der Waals surface area (Å²) in [7, 11) is -1.06. The number of nitrogens with one attached hydrogen (secondary N) is 1. The maximum absolute atomic E-state index is 11.7. The number of hydrogen-bond acceptors (Lipinski definition) is 3. The molecule has 0 saturated carbocycles. The summed E-state index contributed by atoms with van der Waals surface area (Å²) < 4.78 is 5.02. The third-order valence-electron chi connectivity index (χ3n) is 5.46. The van der Waals surface area contributed by atoms with E-state index in [1.54, 1.807) is 0 Å². The summed E-state index contributed by atoms with van der Waals surface area (Å²) in [6.45, 7) is 10.6. The standard InChI is InChI=1S/C24H43NO2Si/c1-5-7-8-9-10-11-12-13-20-28(3,4)21-14-19-25-23-17-15-22(16-18-23)24(26)27-6-2/h15-18,25H,5-14,19-21H2,1-4H3. The molecule has 28 heavy (non-hydrogen) atoms. The van der Waals surface area contributed by atoms with Gasteiger partial charge >= 0.3 is 5.97 Å². The summed E-state index contributed by atoms with van der Waals surface area (Å²) in [4.78, 5) is 11.7. The average Bonchev–Trinajstić information content (AvgIpc) is 2.68. The van der Waals surface area contributed by atoms with Crippen LogP contribution in [-0.2, 0) is 4.74 Å². The second-order valence-corrected chi connectivity index (χ2v) is 14.0. The van der Waals surface area contributed by atoms with Gasteiger partial charge in [0.15, 0.2) is 0 Å². The van der Waals surface area contributed by atoms with Gasteiger partial charge in [0.2, 0.25) is 0 Å². The molecule has 160 valence electrons. The Morgan fingerprint density at radius 3 is 2.04 bits per heavy atom. The normalized spacial score (nSPS) is 11.4. The van der Waals surface area contributed by atoms with Gasteiger partial charge in [0.25, 0.3) is 0 Å². The zero-order chi connectivity index (χ0) is 20.7. The van der Waals surface area contributed by atoms with E-state index in [0.717, 1.165) is 12.2 Å². The van der Waals surface area contributed by atoms with Gasteiger partial charge in [-0.15, -0.1) is 0 Å². The van der Waals surface area contributed by atoms with Crippen LogP contribution in [-0.4, -0.2) is 27.2 Å². The minimum atomic E-state index is -1.06. The van der Waals surface area contributed by atoms with Gasteiger partial charge in [-0.1, -0.05) is 83.5 Å². The molecule has 1 aromatic carbocycles. The van der Waals surface area contributed by atoms with Crippen LogP contribution in [0.25, 0.3) is 0 Å². The summed E-state index contributed by atoms with van der Waals surface area (Å²) in [5.41, 5.74) is 1.70. The molecule has 0 amide bonds. The van der Waals surface area contributed by atoms with Crippen LogP contribution in [0, 0.1) is 0 Å². The van der Waals surface area contributed by atoms with Gasteiger partial charge in [-0.05, 0) is 37.6 Å². The van der Waals surface area contributed by atoms with Crippen molar-refractivity contribution in [3.8, 4) is 0 Å². The highest BCUT2D eigenvalue weighted by molar-refractivity contribution is 6.77. The Balaban J connectivity index is 2.12. The molecule has 3 nitrogen and oxygen atoms in total. The molecule has 0 aromatic heterocycles. The fraction of sp³-hybridized carbons (Fsp3) is 0.708. The van der Waals surface area contributed by atoms with E-state index in [-0.39, 0.29) is 5.97 Å². The SMILES string of the molecule is CCCCCCCCCC[Si](C)(C)CCCNc1ccc(C(=O)OCC)cc1. The molecular weight excluding hydrogens is 362 g/mol. The van der Waals surface area contributed by atoms with E-state index in [1.165, 1.54) is 69.9 Å². The van der Waals surface area contributed by atoms with E-state index >= 15 is 0 Å². The van der Waals surface area contributed by atoms with Gasteiger partial charge in [-0.2, -0.15) is 0 Å². The van der Waals surface area contributed by atoms with E-state index in [2.05, 4.69) is 25.3 Å². The highest BCUT2D eigenvalue weighted by Gasteiger charge is 2.19. The second-order valence-electron chi connectivity index (χ2n) is 8.72. The Kier molecular flexibility index (Phi) is 13.0. The summed E-state index contributed by atoms with van der Waals surface area (Å²) in [6, 6.07) is 10.5. The van der Waals surface area contributed by atoms with Crippen molar-refractivity contribution in [1.29, 1.82) is 0 Å². The molecule has 4 heteroatoms. The molecule has 0 bridgehead atoms. The van der Waals surface area contributed by atoms with Gasteiger partial charge in [0, 0.05) is 20.3 Å². The molecule has 0 aliphatic carbocycles. The Labute approximate surface area is 174 Å². The van der Waals surface area contributed by atoms with Gasteiger partial charge < -0.3 is 10.1 Å². The lowest BCUT2D eigenvalue weighted by molar-refractivity contribution is 0.0526. The lowest BCUT2D eigenvalue weighted by atomic mass is 10.1. The number of benzene rings is 1. The Bertz CT molecular complexity index is 528. The summed E-state index contributed by atoms with van der Waals surface area (Å²) >= 11 is 0. The third kappa shape index (κ3) is 11.5. The Hall–Kier alpha value is -1.29. The number of ether oxygens (including phenoxy) is 1. The van der Waals surface area contributed by atoms with Gasteiger partial charge in [0.05, 0.1) is 12.2 Å². The van der Waals surface area contributed by atoms with E-state index in [0.29, 0.717) is 12.2 Å². The number of hydrogen-bond donors (Lipinski definition) is 1. The molecule has 0 aliphatic rings. The Morgan fingerprint density at radius 1 is 0.857 bits per heavy atom. The van der Waals surface area contributed by atoms with Crippen molar-refractivity contribution < 1.29 is 9.53 Å². The first-order chi connectivity index (χ1) is 13.5. The predicted molar refractivity (Wildman–Crippen MR) is 125 cm³/mol. The number of carbonyl (C=O) groups excluding carboxylic acids is 1. The van der Waals surface area contributed by atoms with Crippen LogP contribution in [0.1, 0.15) is 82.0 Å². The van der Waals surface area contributed by atoms with Crippen LogP contribution in [0.4, 0.5) is 5.69 Å². The lowest BCUT2D eigenvalue weighted by Crippen LogP contribution is -2.25. The molecule has 0 unspecified atom stereocenters. The van der Waals surface area contributed by atoms with Crippen molar-refractivity contribution in [2.45, 2.75) is 96.8 Å². The Morgan fingerprint density at radius 2 is 1.43 bits per heavy atom. The average molecular weight is 406 g/mol.